The van der Waals surface area contributed by atoms with Crippen LogP contribution in [0.2, 0.25) is 5.02 Å². The van der Waals surface area contributed by atoms with E-state index in [9.17, 15) is 4.79 Å². The molecule has 0 fully saturated rings. The first-order valence-corrected chi connectivity index (χ1v) is 8.60. The second kappa shape index (κ2) is 6.02. The summed E-state index contributed by atoms with van der Waals surface area (Å²) >= 11 is 5.91. The summed E-state index contributed by atoms with van der Waals surface area (Å²) in [5, 5.41) is 1.30. The van der Waals surface area contributed by atoms with Crippen LogP contribution in [-0.4, -0.2) is 14.5 Å². The fourth-order valence-electron chi connectivity index (χ4n) is 3.32. The molecule has 2 aromatic heterocycles. The SMILES string of the molecule is C[C@@H]1CCc2nc3ncn(Cc4ccc(Cl)cc4)c(=O)c3cc2C1. The lowest BCUT2D eigenvalue weighted by Gasteiger charge is -2.20. The molecule has 0 amide bonds. The molecule has 0 radical (unpaired) electrons. The molecule has 0 bridgehead atoms. The van der Waals surface area contributed by atoms with Crippen LogP contribution in [0, 0.1) is 5.92 Å². The highest BCUT2D eigenvalue weighted by atomic mass is 35.5. The molecular weight excluding hydrogens is 322 g/mol. The lowest BCUT2D eigenvalue weighted by Crippen LogP contribution is -2.23. The first kappa shape index (κ1) is 15.3. The molecule has 0 N–H and O–H groups in total. The third kappa shape index (κ3) is 2.82. The molecule has 0 unspecified atom stereocenters. The van der Waals surface area contributed by atoms with Gasteiger partial charge in [-0.05, 0) is 54.5 Å². The molecule has 3 aromatic rings. The first-order chi connectivity index (χ1) is 11.6. The van der Waals surface area contributed by atoms with Crippen molar-refractivity contribution in [1.82, 2.24) is 14.5 Å². The van der Waals surface area contributed by atoms with Crippen LogP contribution in [0.15, 0.2) is 41.5 Å². The number of nitrogens with zero attached hydrogens (tertiary/aromatic N) is 3. The van der Waals surface area contributed by atoms with Gasteiger partial charge in [-0.3, -0.25) is 9.36 Å². The van der Waals surface area contributed by atoms with E-state index in [1.54, 1.807) is 10.9 Å². The molecular formula is C19H18ClN3O. The summed E-state index contributed by atoms with van der Waals surface area (Å²) in [4.78, 5) is 21.9. The van der Waals surface area contributed by atoms with E-state index in [-0.39, 0.29) is 5.56 Å². The third-order valence-corrected chi connectivity index (χ3v) is 4.94. The maximum absolute atomic E-state index is 12.8. The number of fused-ring (bicyclic) bond motifs is 2. The lowest BCUT2D eigenvalue weighted by atomic mass is 9.87. The first-order valence-electron chi connectivity index (χ1n) is 8.22. The molecule has 5 heteroatoms. The number of halogens is 1. The van der Waals surface area contributed by atoms with Crippen molar-refractivity contribution < 1.29 is 0 Å². The van der Waals surface area contributed by atoms with Gasteiger partial charge in [0.2, 0.25) is 0 Å². The quantitative estimate of drug-likeness (QED) is 0.716. The maximum Gasteiger partial charge on any atom is 0.263 e. The molecule has 0 saturated carbocycles. The van der Waals surface area contributed by atoms with Crippen LogP contribution in [0.25, 0.3) is 11.0 Å². The predicted octanol–water partition coefficient (Wildman–Crippen LogP) is 3.62. The van der Waals surface area contributed by atoms with Crippen LogP contribution >= 0.6 is 11.6 Å². The van der Waals surface area contributed by atoms with Crippen molar-refractivity contribution in [3.05, 3.63) is 68.9 Å². The van der Waals surface area contributed by atoms with E-state index in [1.807, 2.05) is 30.3 Å². The van der Waals surface area contributed by atoms with Crippen LogP contribution < -0.4 is 5.56 Å². The third-order valence-electron chi connectivity index (χ3n) is 4.69. The molecule has 0 spiro atoms. The molecule has 0 aliphatic heterocycles. The van der Waals surface area contributed by atoms with Crippen molar-refractivity contribution in [2.24, 2.45) is 5.92 Å². The largest absolute Gasteiger partial charge is 0.294 e. The monoisotopic (exact) mass is 339 g/mol. The number of aryl methyl sites for hydroxylation is 1. The summed E-state index contributed by atoms with van der Waals surface area (Å²) in [7, 11) is 0. The molecule has 1 aliphatic carbocycles. The fourth-order valence-corrected chi connectivity index (χ4v) is 3.45. The van der Waals surface area contributed by atoms with Gasteiger partial charge in [0.1, 0.15) is 6.33 Å². The molecule has 2 heterocycles. The molecule has 0 saturated heterocycles. The van der Waals surface area contributed by atoms with Gasteiger partial charge in [-0.2, -0.15) is 0 Å². The number of benzene rings is 1. The Bertz CT molecular complexity index is 963. The van der Waals surface area contributed by atoms with Crippen LogP contribution in [0.3, 0.4) is 0 Å². The minimum Gasteiger partial charge on any atom is -0.294 e. The Morgan fingerprint density at radius 1 is 1.29 bits per heavy atom. The second-order valence-electron chi connectivity index (χ2n) is 6.62. The molecule has 1 aliphatic rings. The molecule has 1 atom stereocenters. The van der Waals surface area contributed by atoms with E-state index in [0.29, 0.717) is 28.5 Å². The summed E-state index contributed by atoms with van der Waals surface area (Å²) in [6.45, 7) is 2.72. The Hall–Kier alpha value is -2.20. The average Bonchev–Trinajstić information content (AvgIpc) is 2.58. The van der Waals surface area contributed by atoms with E-state index >= 15 is 0 Å². The van der Waals surface area contributed by atoms with Crippen LogP contribution in [-0.2, 0) is 19.4 Å². The average molecular weight is 340 g/mol. The Labute approximate surface area is 145 Å². The van der Waals surface area contributed by atoms with Crippen molar-refractivity contribution in [2.45, 2.75) is 32.7 Å². The van der Waals surface area contributed by atoms with Gasteiger partial charge in [0, 0.05) is 10.7 Å². The van der Waals surface area contributed by atoms with E-state index in [2.05, 4.69) is 16.9 Å². The van der Waals surface area contributed by atoms with Gasteiger partial charge < -0.3 is 0 Å². The number of aromatic nitrogens is 3. The highest BCUT2D eigenvalue weighted by molar-refractivity contribution is 6.30. The molecule has 4 nitrogen and oxygen atoms in total. The minimum atomic E-state index is -0.0384. The zero-order chi connectivity index (χ0) is 16.7. The Kier molecular flexibility index (Phi) is 3.85. The summed E-state index contributed by atoms with van der Waals surface area (Å²) in [6.07, 6.45) is 4.70. The Morgan fingerprint density at radius 2 is 2.08 bits per heavy atom. The van der Waals surface area contributed by atoms with Crippen LogP contribution in [0.1, 0.15) is 30.2 Å². The van der Waals surface area contributed by atoms with Crippen molar-refractivity contribution in [1.29, 1.82) is 0 Å². The van der Waals surface area contributed by atoms with Gasteiger partial charge in [0.05, 0.1) is 11.9 Å². The number of hydrogen-bond acceptors (Lipinski definition) is 3. The van der Waals surface area contributed by atoms with E-state index in [0.717, 1.165) is 30.5 Å². The number of pyridine rings is 1. The second-order valence-corrected chi connectivity index (χ2v) is 7.05. The standard InChI is InChI=1S/C19H18ClN3O/c1-12-2-7-17-14(8-12)9-16-18(22-17)21-11-23(19(16)24)10-13-3-5-15(20)6-4-13/h3-6,9,11-12H,2,7-8,10H2,1H3/t12-/m1/s1. The van der Waals surface area contributed by atoms with Gasteiger partial charge in [-0.25, -0.2) is 9.97 Å². The minimum absolute atomic E-state index is 0.0384. The summed E-state index contributed by atoms with van der Waals surface area (Å²) in [6, 6.07) is 9.50. The van der Waals surface area contributed by atoms with Gasteiger partial charge in [-0.1, -0.05) is 30.7 Å². The Morgan fingerprint density at radius 3 is 2.88 bits per heavy atom. The molecule has 4 rings (SSSR count). The van der Waals surface area contributed by atoms with Crippen molar-refractivity contribution in [3.8, 4) is 0 Å². The predicted molar refractivity (Wildman–Crippen MR) is 95.5 cm³/mol. The highest BCUT2D eigenvalue weighted by Crippen LogP contribution is 2.25. The van der Waals surface area contributed by atoms with Crippen LogP contribution in [0.4, 0.5) is 0 Å². The molecule has 122 valence electrons. The molecule has 1 aromatic carbocycles. The molecule has 24 heavy (non-hydrogen) atoms. The van der Waals surface area contributed by atoms with Gasteiger partial charge in [0.15, 0.2) is 5.65 Å². The van der Waals surface area contributed by atoms with Crippen molar-refractivity contribution in [2.75, 3.05) is 0 Å². The van der Waals surface area contributed by atoms with Crippen molar-refractivity contribution >= 4 is 22.6 Å². The zero-order valence-electron chi connectivity index (χ0n) is 13.5. The summed E-state index contributed by atoms with van der Waals surface area (Å²) < 4.78 is 1.63. The number of rotatable bonds is 2. The van der Waals surface area contributed by atoms with Gasteiger partial charge in [-0.15, -0.1) is 0 Å². The van der Waals surface area contributed by atoms with E-state index < -0.39 is 0 Å². The van der Waals surface area contributed by atoms with E-state index in [1.165, 1.54) is 5.56 Å². The van der Waals surface area contributed by atoms with Gasteiger partial charge in [0.25, 0.3) is 5.56 Å². The van der Waals surface area contributed by atoms with Crippen molar-refractivity contribution in [3.63, 3.8) is 0 Å². The lowest BCUT2D eigenvalue weighted by molar-refractivity contribution is 0.495. The van der Waals surface area contributed by atoms with Gasteiger partial charge >= 0.3 is 0 Å². The zero-order valence-corrected chi connectivity index (χ0v) is 14.3. The maximum atomic E-state index is 12.8. The summed E-state index contributed by atoms with van der Waals surface area (Å²) in [5.41, 5.74) is 3.83. The Balaban J connectivity index is 1.77. The normalized spacial score (nSPS) is 17.0. The number of hydrogen-bond donors (Lipinski definition) is 0. The fraction of sp³-hybridized carbons (Fsp3) is 0.316. The smallest absolute Gasteiger partial charge is 0.263 e. The summed E-state index contributed by atoms with van der Waals surface area (Å²) in [5.74, 6) is 0.643. The van der Waals surface area contributed by atoms with Crippen LogP contribution in [0.5, 0.6) is 0 Å². The topological polar surface area (TPSA) is 47.8 Å². The highest BCUT2D eigenvalue weighted by Gasteiger charge is 2.18. The van der Waals surface area contributed by atoms with E-state index in [4.69, 9.17) is 11.6 Å².